The summed E-state index contributed by atoms with van der Waals surface area (Å²) in [5.74, 6) is 4.82. The number of carbonyl (C=O) groups is 1. The first-order valence-electron chi connectivity index (χ1n) is 15.0. The lowest BCUT2D eigenvalue weighted by molar-refractivity contribution is -0.157. The Morgan fingerprint density at radius 3 is 2.47 bits per heavy atom. The van der Waals surface area contributed by atoms with Crippen molar-refractivity contribution in [2.24, 2.45) is 52.3 Å². The van der Waals surface area contributed by atoms with Crippen molar-refractivity contribution in [2.75, 3.05) is 0 Å². The smallest absolute Gasteiger partial charge is 0.309 e. The van der Waals surface area contributed by atoms with Crippen LogP contribution in [0.3, 0.4) is 0 Å². The molecule has 194 valence electrons. The van der Waals surface area contributed by atoms with Crippen LogP contribution in [0.25, 0.3) is 0 Å². The fourth-order valence-electron chi connectivity index (χ4n) is 8.80. The molecule has 4 aliphatic rings. The number of allylic oxidation sites excluding steroid dienone is 1. The first-order chi connectivity index (χ1) is 16.1. The van der Waals surface area contributed by atoms with Crippen molar-refractivity contribution < 1.29 is 9.53 Å². The second kappa shape index (κ2) is 10.3. The molecule has 0 bridgehead atoms. The molecule has 0 N–H and O–H groups in total. The third-order valence-corrected chi connectivity index (χ3v) is 11.5. The maximum absolute atomic E-state index is 12.6. The zero-order valence-electron chi connectivity index (χ0n) is 23.5. The van der Waals surface area contributed by atoms with Crippen LogP contribution >= 0.6 is 0 Å². The highest BCUT2D eigenvalue weighted by Gasteiger charge is 2.58. The molecule has 0 radical (unpaired) electrons. The average Bonchev–Trinajstić information content (AvgIpc) is 3.12. The largest absolute Gasteiger partial charge is 0.462 e. The third-order valence-electron chi connectivity index (χ3n) is 11.5. The Kier molecular flexibility index (Phi) is 7.96. The van der Waals surface area contributed by atoms with Crippen LogP contribution < -0.4 is 0 Å². The molecule has 3 fully saturated rings. The molecule has 8 atom stereocenters. The molecule has 34 heavy (non-hydrogen) atoms. The van der Waals surface area contributed by atoms with Crippen LogP contribution in [0.4, 0.5) is 0 Å². The summed E-state index contributed by atoms with van der Waals surface area (Å²) in [6.07, 6.45) is 18.8. The number of carbonyl (C=O) groups excluding carboxylic acids is 1. The van der Waals surface area contributed by atoms with Gasteiger partial charge in [0.15, 0.2) is 0 Å². The minimum atomic E-state index is -0.00488. The maximum atomic E-state index is 12.6. The molecule has 2 nitrogen and oxygen atoms in total. The van der Waals surface area contributed by atoms with E-state index in [0.29, 0.717) is 16.7 Å². The summed E-state index contributed by atoms with van der Waals surface area (Å²) in [5.41, 5.74) is 2.55. The summed E-state index contributed by atoms with van der Waals surface area (Å²) in [7, 11) is 0. The molecular formula is C32H54O2. The lowest BCUT2D eigenvalue weighted by atomic mass is 9.47. The van der Waals surface area contributed by atoms with Crippen molar-refractivity contribution >= 4 is 5.97 Å². The lowest BCUT2D eigenvalue weighted by Crippen LogP contribution is -2.50. The van der Waals surface area contributed by atoms with Crippen molar-refractivity contribution in [3.05, 3.63) is 11.6 Å². The molecule has 0 heterocycles. The van der Waals surface area contributed by atoms with Crippen LogP contribution in [0.1, 0.15) is 126 Å². The van der Waals surface area contributed by atoms with E-state index in [-0.39, 0.29) is 18.0 Å². The quantitative estimate of drug-likeness (QED) is 0.201. The van der Waals surface area contributed by atoms with E-state index in [4.69, 9.17) is 4.74 Å². The van der Waals surface area contributed by atoms with E-state index in [9.17, 15) is 4.79 Å². The normalized spacial score (nSPS) is 40.4. The van der Waals surface area contributed by atoms with Gasteiger partial charge in [-0.3, -0.25) is 4.79 Å². The minimum absolute atomic E-state index is 0.00488. The van der Waals surface area contributed by atoms with E-state index in [2.05, 4.69) is 47.6 Å². The molecule has 0 saturated heterocycles. The van der Waals surface area contributed by atoms with Crippen molar-refractivity contribution in [1.82, 2.24) is 0 Å². The molecule has 2 heteroatoms. The molecule has 4 aliphatic carbocycles. The number of ether oxygens (including phenoxy) is 1. The third kappa shape index (κ3) is 4.90. The van der Waals surface area contributed by atoms with Gasteiger partial charge in [-0.2, -0.15) is 0 Å². The molecular weight excluding hydrogens is 416 g/mol. The lowest BCUT2D eigenvalue weighted by Gasteiger charge is -2.58. The van der Waals surface area contributed by atoms with Gasteiger partial charge < -0.3 is 4.74 Å². The Hall–Kier alpha value is -0.790. The van der Waals surface area contributed by atoms with Gasteiger partial charge in [-0.05, 0) is 97.7 Å². The fraction of sp³-hybridized carbons (Fsp3) is 0.906. The Morgan fingerprint density at radius 2 is 1.76 bits per heavy atom. The van der Waals surface area contributed by atoms with Crippen LogP contribution in [0.5, 0.6) is 0 Å². The number of fused-ring (bicyclic) bond motifs is 5. The molecule has 0 aliphatic heterocycles. The molecule has 8 unspecified atom stereocenters. The van der Waals surface area contributed by atoms with Crippen LogP contribution in [0.2, 0.25) is 0 Å². The summed E-state index contributed by atoms with van der Waals surface area (Å²) in [6, 6.07) is 0. The van der Waals surface area contributed by atoms with Crippen LogP contribution in [-0.4, -0.2) is 12.1 Å². The second-order valence-electron chi connectivity index (χ2n) is 14.1. The monoisotopic (exact) mass is 470 g/mol. The summed E-state index contributed by atoms with van der Waals surface area (Å²) in [5, 5.41) is 0. The number of hydrogen-bond donors (Lipinski definition) is 0. The van der Waals surface area contributed by atoms with Crippen LogP contribution in [0.15, 0.2) is 11.6 Å². The van der Waals surface area contributed by atoms with Crippen molar-refractivity contribution in [3.8, 4) is 0 Å². The molecule has 0 aromatic heterocycles. The highest BCUT2D eigenvalue weighted by atomic mass is 16.5. The Labute approximate surface area is 211 Å². The SMILES string of the molecule is CC(C)CCCCC1CCC2C3CC=C4CC(OC(=O)C(C)C(C)C)CCC4(C)C3CCC12C. The predicted molar refractivity (Wildman–Crippen MR) is 142 cm³/mol. The van der Waals surface area contributed by atoms with Gasteiger partial charge in [0.2, 0.25) is 0 Å². The van der Waals surface area contributed by atoms with Crippen LogP contribution in [0, 0.1) is 52.3 Å². The highest BCUT2D eigenvalue weighted by Crippen LogP contribution is 2.66. The van der Waals surface area contributed by atoms with Gasteiger partial charge in [0.05, 0.1) is 5.92 Å². The van der Waals surface area contributed by atoms with Gasteiger partial charge in [-0.15, -0.1) is 0 Å². The molecule has 0 aromatic carbocycles. The van der Waals surface area contributed by atoms with Gasteiger partial charge in [0.1, 0.15) is 6.10 Å². The van der Waals surface area contributed by atoms with E-state index in [1.165, 1.54) is 64.2 Å². The van der Waals surface area contributed by atoms with E-state index < -0.39 is 0 Å². The summed E-state index contributed by atoms with van der Waals surface area (Å²) >= 11 is 0. The number of esters is 1. The summed E-state index contributed by atoms with van der Waals surface area (Å²) in [4.78, 5) is 12.6. The number of rotatable bonds is 8. The van der Waals surface area contributed by atoms with Gasteiger partial charge >= 0.3 is 5.97 Å². The first-order valence-corrected chi connectivity index (χ1v) is 15.0. The Balaban J connectivity index is 1.40. The predicted octanol–water partition coefficient (Wildman–Crippen LogP) is 8.99. The standard InChI is InChI=1S/C32H54O2/c1-21(2)10-8-9-11-24-13-15-28-27-14-12-25-20-26(34-30(33)23(5)22(3)4)16-18-32(25,7)29(27)17-19-31(24,28)6/h12,21-24,26-29H,8-11,13-20H2,1-7H3. The summed E-state index contributed by atoms with van der Waals surface area (Å²) in [6.45, 7) is 16.2. The van der Waals surface area contributed by atoms with Gasteiger partial charge in [-0.1, -0.05) is 79.4 Å². The Bertz CT molecular complexity index is 750. The zero-order chi connectivity index (χ0) is 24.7. The van der Waals surface area contributed by atoms with E-state index >= 15 is 0 Å². The molecule has 0 aromatic rings. The van der Waals surface area contributed by atoms with E-state index in [0.717, 1.165) is 42.4 Å². The first kappa shape index (κ1) is 26.3. The number of unbranched alkanes of at least 4 members (excludes halogenated alkanes) is 1. The molecule has 4 rings (SSSR count). The van der Waals surface area contributed by atoms with Crippen LogP contribution in [-0.2, 0) is 9.53 Å². The van der Waals surface area contributed by atoms with Gasteiger partial charge in [0, 0.05) is 6.42 Å². The average molecular weight is 471 g/mol. The molecule has 0 spiro atoms. The molecule has 0 amide bonds. The van der Waals surface area contributed by atoms with Crippen molar-refractivity contribution in [1.29, 1.82) is 0 Å². The Morgan fingerprint density at radius 1 is 1.00 bits per heavy atom. The minimum Gasteiger partial charge on any atom is -0.462 e. The van der Waals surface area contributed by atoms with E-state index in [1.807, 2.05) is 6.92 Å². The van der Waals surface area contributed by atoms with Gasteiger partial charge in [0.25, 0.3) is 0 Å². The highest BCUT2D eigenvalue weighted by molar-refractivity contribution is 5.72. The van der Waals surface area contributed by atoms with Crippen molar-refractivity contribution in [3.63, 3.8) is 0 Å². The summed E-state index contributed by atoms with van der Waals surface area (Å²) < 4.78 is 6.03. The molecule has 3 saturated carbocycles. The van der Waals surface area contributed by atoms with E-state index in [1.54, 1.807) is 5.57 Å². The van der Waals surface area contributed by atoms with Gasteiger partial charge in [-0.25, -0.2) is 0 Å². The maximum Gasteiger partial charge on any atom is 0.309 e. The zero-order valence-corrected chi connectivity index (χ0v) is 23.5. The topological polar surface area (TPSA) is 26.3 Å². The number of hydrogen-bond acceptors (Lipinski definition) is 2. The van der Waals surface area contributed by atoms with Crippen molar-refractivity contribution in [2.45, 2.75) is 132 Å². The second-order valence-corrected chi connectivity index (χ2v) is 14.1. The fourth-order valence-corrected chi connectivity index (χ4v) is 8.80.